The largest absolute Gasteiger partial charge is 0.224 e. The predicted molar refractivity (Wildman–Crippen MR) is 50.4 cm³/mol. The average molecular weight is 202 g/mol. The minimum absolute atomic E-state index is 0.580. The summed E-state index contributed by atoms with van der Waals surface area (Å²) in [7, 11) is 0. The first-order valence-electron chi connectivity index (χ1n) is 3.00. The average Bonchev–Trinajstić information content (AvgIpc) is 2.55. The van der Waals surface area contributed by atoms with Crippen molar-refractivity contribution in [1.29, 1.82) is 0 Å². The molecule has 2 aromatic rings. The Kier molecular flexibility index (Phi) is 1.94. The van der Waals surface area contributed by atoms with Gasteiger partial charge in [-0.3, -0.25) is 0 Å². The van der Waals surface area contributed by atoms with Crippen LogP contribution in [0.25, 0.3) is 10.6 Å². The van der Waals surface area contributed by atoms with Crippen LogP contribution in [0.3, 0.4) is 0 Å². The molecule has 0 N–H and O–H groups in total. The van der Waals surface area contributed by atoms with E-state index in [1.54, 1.807) is 22.7 Å². The highest BCUT2D eigenvalue weighted by Crippen LogP contribution is 2.26. The SMILES string of the molecule is Clc1csc(-c2ccsc2)n1. The van der Waals surface area contributed by atoms with E-state index >= 15 is 0 Å². The van der Waals surface area contributed by atoms with E-state index in [0.29, 0.717) is 5.15 Å². The molecular weight excluding hydrogens is 198 g/mol. The van der Waals surface area contributed by atoms with Crippen molar-refractivity contribution in [3.05, 3.63) is 27.4 Å². The highest BCUT2D eigenvalue weighted by atomic mass is 35.5. The van der Waals surface area contributed by atoms with Gasteiger partial charge in [0.2, 0.25) is 0 Å². The lowest BCUT2D eigenvalue weighted by atomic mass is 10.4. The lowest BCUT2D eigenvalue weighted by Crippen LogP contribution is -1.67. The Bertz CT molecular complexity index is 339. The predicted octanol–water partition coefficient (Wildman–Crippen LogP) is 3.53. The third-order valence-corrected chi connectivity index (χ3v) is 3.14. The van der Waals surface area contributed by atoms with Crippen LogP contribution in [-0.2, 0) is 0 Å². The molecule has 0 saturated carbocycles. The number of thiazole rings is 1. The van der Waals surface area contributed by atoms with Crippen LogP contribution in [0.5, 0.6) is 0 Å². The molecular formula is C7H4ClNS2. The van der Waals surface area contributed by atoms with Gasteiger partial charge in [0.05, 0.1) is 0 Å². The molecule has 0 bridgehead atoms. The van der Waals surface area contributed by atoms with Crippen LogP contribution in [0.1, 0.15) is 0 Å². The lowest BCUT2D eigenvalue weighted by molar-refractivity contribution is 1.42. The van der Waals surface area contributed by atoms with Crippen LogP contribution in [0.4, 0.5) is 0 Å². The van der Waals surface area contributed by atoms with Crippen molar-refractivity contribution in [1.82, 2.24) is 4.98 Å². The molecule has 0 amide bonds. The third-order valence-electron chi connectivity index (χ3n) is 1.24. The first-order chi connectivity index (χ1) is 5.36. The molecule has 0 atom stereocenters. The van der Waals surface area contributed by atoms with Crippen molar-refractivity contribution in [3.8, 4) is 10.6 Å². The van der Waals surface area contributed by atoms with Gasteiger partial charge in [-0.05, 0) is 11.4 Å². The number of nitrogens with zero attached hydrogens (tertiary/aromatic N) is 1. The molecule has 2 rings (SSSR count). The maximum Gasteiger partial charge on any atom is 0.140 e. The molecule has 0 aliphatic heterocycles. The van der Waals surface area contributed by atoms with Crippen LogP contribution in [0, 0.1) is 0 Å². The van der Waals surface area contributed by atoms with Gasteiger partial charge < -0.3 is 0 Å². The van der Waals surface area contributed by atoms with Gasteiger partial charge in [-0.1, -0.05) is 11.6 Å². The summed E-state index contributed by atoms with van der Waals surface area (Å²) in [4.78, 5) is 4.14. The van der Waals surface area contributed by atoms with E-state index < -0.39 is 0 Å². The molecule has 56 valence electrons. The molecule has 1 nitrogen and oxygen atoms in total. The zero-order chi connectivity index (χ0) is 7.68. The van der Waals surface area contributed by atoms with Gasteiger partial charge in [-0.25, -0.2) is 4.98 Å². The Morgan fingerprint density at radius 2 is 2.27 bits per heavy atom. The Labute approximate surface area is 77.3 Å². The Morgan fingerprint density at radius 3 is 2.82 bits per heavy atom. The summed E-state index contributed by atoms with van der Waals surface area (Å²) >= 11 is 8.92. The van der Waals surface area contributed by atoms with Gasteiger partial charge >= 0.3 is 0 Å². The van der Waals surface area contributed by atoms with Gasteiger partial charge in [0, 0.05) is 16.3 Å². The van der Waals surface area contributed by atoms with Crippen LogP contribution < -0.4 is 0 Å². The highest BCUT2D eigenvalue weighted by molar-refractivity contribution is 7.14. The molecule has 2 heterocycles. The van der Waals surface area contributed by atoms with Crippen molar-refractivity contribution in [3.63, 3.8) is 0 Å². The minimum atomic E-state index is 0.580. The van der Waals surface area contributed by atoms with E-state index in [-0.39, 0.29) is 0 Å². The molecule has 0 aromatic carbocycles. The molecule has 0 aliphatic carbocycles. The number of hydrogen-bond donors (Lipinski definition) is 0. The zero-order valence-corrected chi connectivity index (χ0v) is 7.84. The topological polar surface area (TPSA) is 12.9 Å². The van der Waals surface area contributed by atoms with Gasteiger partial charge in [-0.15, -0.1) is 11.3 Å². The third kappa shape index (κ3) is 1.45. The molecule has 4 heteroatoms. The summed E-state index contributed by atoms with van der Waals surface area (Å²) in [5, 5.41) is 7.52. The van der Waals surface area contributed by atoms with Gasteiger partial charge in [0.25, 0.3) is 0 Å². The van der Waals surface area contributed by atoms with E-state index in [1.807, 2.05) is 16.8 Å². The van der Waals surface area contributed by atoms with Crippen molar-refractivity contribution in [2.24, 2.45) is 0 Å². The number of aromatic nitrogens is 1. The van der Waals surface area contributed by atoms with E-state index in [9.17, 15) is 0 Å². The van der Waals surface area contributed by atoms with Gasteiger partial charge in [0.1, 0.15) is 10.2 Å². The number of halogens is 1. The Balaban J connectivity index is 2.45. The summed E-state index contributed by atoms with van der Waals surface area (Å²) in [6, 6.07) is 2.04. The van der Waals surface area contributed by atoms with Crippen LogP contribution >= 0.6 is 34.3 Å². The summed E-state index contributed by atoms with van der Waals surface area (Å²) in [5.41, 5.74) is 1.16. The second-order valence-electron chi connectivity index (χ2n) is 1.99. The van der Waals surface area contributed by atoms with Crippen LogP contribution in [0.2, 0.25) is 5.15 Å². The summed E-state index contributed by atoms with van der Waals surface area (Å²) < 4.78 is 0. The van der Waals surface area contributed by atoms with Crippen molar-refractivity contribution in [2.45, 2.75) is 0 Å². The van der Waals surface area contributed by atoms with E-state index in [0.717, 1.165) is 10.6 Å². The summed E-state index contributed by atoms with van der Waals surface area (Å²) in [5.74, 6) is 0. The second-order valence-corrected chi connectivity index (χ2v) is 4.01. The fraction of sp³-hybridized carbons (Fsp3) is 0. The van der Waals surface area contributed by atoms with Gasteiger partial charge in [0.15, 0.2) is 0 Å². The van der Waals surface area contributed by atoms with E-state index in [4.69, 9.17) is 11.6 Å². The fourth-order valence-electron chi connectivity index (χ4n) is 0.773. The molecule has 0 fully saturated rings. The monoisotopic (exact) mass is 201 g/mol. The standard InChI is InChI=1S/C7H4ClNS2/c8-6-4-11-7(9-6)5-1-2-10-3-5/h1-4H. The molecule has 2 aromatic heterocycles. The highest BCUT2D eigenvalue weighted by Gasteiger charge is 2.01. The quantitative estimate of drug-likeness (QED) is 0.688. The van der Waals surface area contributed by atoms with E-state index in [1.165, 1.54) is 0 Å². The van der Waals surface area contributed by atoms with Crippen LogP contribution in [-0.4, -0.2) is 4.98 Å². The zero-order valence-electron chi connectivity index (χ0n) is 5.45. The lowest BCUT2D eigenvalue weighted by Gasteiger charge is -1.84. The number of thiophene rings is 1. The van der Waals surface area contributed by atoms with Crippen LogP contribution in [0.15, 0.2) is 22.2 Å². The number of hydrogen-bond acceptors (Lipinski definition) is 3. The first kappa shape index (κ1) is 7.28. The molecule has 11 heavy (non-hydrogen) atoms. The first-order valence-corrected chi connectivity index (χ1v) is 5.20. The van der Waals surface area contributed by atoms with Crippen molar-refractivity contribution >= 4 is 34.3 Å². The van der Waals surface area contributed by atoms with Crippen molar-refractivity contribution < 1.29 is 0 Å². The molecule has 0 radical (unpaired) electrons. The second kappa shape index (κ2) is 2.93. The fourth-order valence-corrected chi connectivity index (χ4v) is 2.43. The van der Waals surface area contributed by atoms with Crippen molar-refractivity contribution in [2.75, 3.05) is 0 Å². The number of rotatable bonds is 1. The molecule has 0 spiro atoms. The summed E-state index contributed by atoms with van der Waals surface area (Å²) in [6.45, 7) is 0. The smallest absolute Gasteiger partial charge is 0.140 e. The summed E-state index contributed by atoms with van der Waals surface area (Å²) in [6.07, 6.45) is 0. The Hall–Kier alpha value is -0.380. The van der Waals surface area contributed by atoms with Gasteiger partial charge in [-0.2, -0.15) is 11.3 Å². The molecule has 0 aliphatic rings. The Morgan fingerprint density at radius 1 is 1.36 bits per heavy atom. The minimum Gasteiger partial charge on any atom is -0.224 e. The maximum absolute atomic E-state index is 5.68. The maximum atomic E-state index is 5.68. The normalized spacial score (nSPS) is 10.3. The van der Waals surface area contributed by atoms with E-state index in [2.05, 4.69) is 10.4 Å². The molecule has 0 unspecified atom stereocenters. The molecule has 0 saturated heterocycles.